The lowest BCUT2D eigenvalue weighted by atomic mass is 10.1. The van der Waals surface area contributed by atoms with Crippen molar-refractivity contribution in [3.8, 4) is 5.75 Å². The van der Waals surface area contributed by atoms with Crippen molar-refractivity contribution in [3.63, 3.8) is 0 Å². The molecule has 6 nitrogen and oxygen atoms in total. The van der Waals surface area contributed by atoms with Crippen LogP contribution in [0.25, 0.3) is 0 Å². The number of para-hydroxylation sites is 1. The zero-order valence-electron chi connectivity index (χ0n) is 18.1. The number of ether oxygens (including phenoxy) is 1. The maximum atomic E-state index is 12.5. The Bertz CT molecular complexity index is 1020. The molecule has 1 aromatic heterocycles. The Morgan fingerprint density at radius 3 is 2.58 bits per heavy atom. The summed E-state index contributed by atoms with van der Waals surface area (Å²) in [5.41, 5.74) is 2.13. The second-order valence-electron chi connectivity index (χ2n) is 7.25. The van der Waals surface area contributed by atoms with E-state index in [1.165, 1.54) is 11.8 Å². The van der Waals surface area contributed by atoms with Crippen molar-refractivity contribution in [3.05, 3.63) is 84.2 Å². The van der Waals surface area contributed by atoms with Gasteiger partial charge >= 0.3 is 0 Å². The van der Waals surface area contributed by atoms with Crippen molar-refractivity contribution in [2.75, 3.05) is 5.75 Å². The number of hydrogen-bond acceptors (Lipinski definition) is 5. The summed E-state index contributed by atoms with van der Waals surface area (Å²) in [5.74, 6) is 1.70. The fourth-order valence-corrected chi connectivity index (χ4v) is 3.94. The van der Waals surface area contributed by atoms with E-state index in [1.807, 2.05) is 79.9 Å². The van der Waals surface area contributed by atoms with Gasteiger partial charge in [0, 0.05) is 6.54 Å². The van der Waals surface area contributed by atoms with Crippen LogP contribution >= 0.6 is 11.8 Å². The lowest BCUT2D eigenvalue weighted by Gasteiger charge is -2.17. The Morgan fingerprint density at radius 1 is 1.16 bits per heavy atom. The van der Waals surface area contributed by atoms with Crippen molar-refractivity contribution < 1.29 is 9.53 Å². The van der Waals surface area contributed by atoms with Gasteiger partial charge in [0.15, 0.2) is 17.1 Å². The standard InChI is InChI=1S/C24H28N4O2S/c1-5-15-28-23(19(4)30-21-14-10-9-11-17(21)2)26-27-24(28)31-16-22(29)25-18(3)20-12-7-6-8-13-20/h5-14,18-19H,1,15-16H2,2-4H3,(H,25,29). The Balaban J connectivity index is 1.65. The minimum absolute atomic E-state index is 0.0553. The maximum Gasteiger partial charge on any atom is 0.230 e. The number of hydrogen-bond donors (Lipinski definition) is 1. The highest BCUT2D eigenvalue weighted by Gasteiger charge is 2.20. The van der Waals surface area contributed by atoms with Gasteiger partial charge in [0.2, 0.25) is 5.91 Å². The molecular formula is C24H28N4O2S. The first-order chi connectivity index (χ1) is 15.0. The van der Waals surface area contributed by atoms with Gasteiger partial charge in [0.05, 0.1) is 11.8 Å². The molecule has 1 N–H and O–H groups in total. The van der Waals surface area contributed by atoms with Gasteiger partial charge < -0.3 is 10.1 Å². The number of allylic oxidation sites excluding steroid dienone is 1. The summed E-state index contributed by atoms with van der Waals surface area (Å²) in [6, 6.07) is 17.7. The van der Waals surface area contributed by atoms with Crippen LogP contribution in [-0.4, -0.2) is 26.4 Å². The number of carbonyl (C=O) groups excluding carboxylic acids is 1. The molecule has 0 aliphatic heterocycles. The fourth-order valence-electron chi connectivity index (χ4n) is 3.18. The van der Waals surface area contributed by atoms with Gasteiger partial charge in [-0.3, -0.25) is 9.36 Å². The fraction of sp³-hybridized carbons (Fsp3) is 0.292. The first-order valence-electron chi connectivity index (χ1n) is 10.2. The molecule has 3 aromatic rings. The van der Waals surface area contributed by atoms with Crippen molar-refractivity contribution in [2.45, 2.75) is 44.6 Å². The average Bonchev–Trinajstić information content (AvgIpc) is 3.17. The van der Waals surface area contributed by atoms with Crippen molar-refractivity contribution in [2.24, 2.45) is 0 Å². The Morgan fingerprint density at radius 2 is 1.87 bits per heavy atom. The highest BCUT2D eigenvalue weighted by molar-refractivity contribution is 7.99. The molecule has 0 bridgehead atoms. The van der Waals surface area contributed by atoms with Crippen LogP contribution in [0.4, 0.5) is 0 Å². The summed E-state index contributed by atoms with van der Waals surface area (Å²) in [6.45, 7) is 10.3. The number of carbonyl (C=O) groups is 1. The molecule has 31 heavy (non-hydrogen) atoms. The second-order valence-corrected chi connectivity index (χ2v) is 8.20. The van der Waals surface area contributed by atoms with Crippen molar-refractivity contribution >= 4 is 17.7 Å². The molecule has 7 heteroatoms. The van der Waals surface area contributed by atoms with E-state index in [-0.39, 0.29) is 23.8 Å². The molecule has 3 rings (SSSR count). The first-order valence-corrected chi connectivity index (χ1v) is 11.2. The minimum Gasteiger partial charge on any atom is -0.482 e. The SMILES string of the molecule is C=CCn1c(SCC(=O)NC(C)c2ccccc2)nnc1C(C)Oc1ccccc1C. The summed E-state index contributed by atoms with van der Waals surface area (Å²) in [5, 5.41) is 12.3. The largest absolute Gasteiger partial charge is 0.482 e. The van der Waals surface area contributed by atoms with Gasteiger partial charge in [0.1, 0.15) is 5.75 Å². The molecule has 2 atom stereocenters. The molecule has 2 aromatic carbocycles. The molecule has 0 saturated heterocycles. The van der Waals surface area contributed by atoms with E-state index in [9.17, 15) is 4.79 Å². The number of aryl methyl sites for hydroxylation is 1. The quantitative estimate of drug-likeness (QED) is 0.362. The molecule has 0 fully saturated rings. The van der Waals surface area contributed by atoms with E-state index >= 15 is 0 Å². The Labute approximate surface area is 187 Å². The van der Waals surface area contributed by atoms with Gasteiger partial charge in [-0.2, -0.15) is 0 Å². The third kappa shape index (κ3) is 5.98. The molecule has 0 aliphatic rings. The lowest BCUT2D eigenvalue weighted by molar-refractivity contribution is -0.119. The summed E-state index contributed by atoms with van der Waals surface area (Å²) in [6.07, 6.45) is 1.49. The van der Waals surface area contributed by atoms with Gasteiger partial charge in [-0.15, -0.1) is 16.8 Å². The molecule has 0 spiro atoms. The normalized spacial score (nSPS) is 12.7. The summed E-state index contributed by atoms with van der Waals surface area (Å²) >= 11 is 1.35. The van der Waals surface area contributed by atoms with Crippen LogP contribution in [0.1, 0.15) is 42.9 Å². The van der Waals surface area contributed by atoms with Crippen LogP contribution in [0.2, 0.25) is 0 Å². The molecule has 0 radical (unpaired) electrons. The molecule has 1 amide bonds. The lowest BCUT2D eigenvalue weighted by Crippen LogP contribution is -2.28. The number of benzene rings is 2. The van der Waals surface area contributed by atoms with Crippen LogP contribution in [0.5, 0.6) is 5.75 Å². The van der Waals surface area contributed by atoms with E-state index in [4.69, 9.17) is 4.74 Å². The van der Waals surface area contributed by atoms with Crippen LogP contribution < -0.4 is 10.1 Å². The minimum atomic E-state index is -0.296. The van der Waals surface area contributed by atoms with Gasteiger partial charge in [-0.05, 0) is 38.0 Å². The molecular weight excluding hydrogens is 408 g/mol. The van der Waals surface area contributed by atoms with Gasteiger partial charge in [0.25, 0.3) is 0 Å². The molecule has 1 heterocycles. The van der Waals surface area contributed by atoms with Crippen LogP contribution in [0.15, 0.2) is 72.4 Å². The zero-order chi connectivity index (χ0) is 22.2. The number of thioether (sulfide) groups is 1. The predicted molar refractivity (Wildman–Crippen MR) is 124 cm³/mol. The van der Waals surface area contributed by atoms with Gasteiger partial charge in [-0.1, -0.05) is 66.4 Å². The van der Waals surface area contributed by atoms with Crippen molar-refractivity contribution in [1.82, 2.24) is 20.1 Å². The monoisotopic (exact) mass is 436 g/mol. The van der Waals surface area contributed by atoms with E-state index in [1.54, 1.807) is 6.08 Å². The Hall–Kier alpha value is -3.06. The smallest absolute Gasteiger partial charge is 0.230 e. The van der Waals surface area contributed by atoms with E-state index in [2.05, 4.69) is 22.1 Å². The topological polar surface area (TPSA) is 69.0 Å². The number of aromatic nitrogens is 3. The maximum absolute atomic E-state index is 12.5. The average molecular weight is 437 g/mol. The molecule has 0 aliphatic carbocycles. The van der Waals surface area contributed by atoms with E-state index in [0.29, 0.717) is 17.5 Å². The zero-order valence-corrected chi connectivity index (χ0v) is 18.9. The van der Waals surface area contributed by atoms with Gasteiger partial charge in [-0.25, -0.2) is 0 Å². The molecule has 162 valence electrons. The van der Waals surface area contributed by atoms with Crippen LogP contribution in [0, 0.1) is 6.92 Å². The second kappa shape index (κ2) is 10.8. The third-order valence-electron chi connectivity index (χ3n) is 4.83. The van der Waals surface area contributed by atoms with E-state index < -0.39 is 0 Å². The van der Waals surface area contributed by atoms with Crippen LogP contribution in [-0.2, 0) is 11.3 Å². The third-order valence-corrected chi connectivity index (χ3v) is 5.79. The number of nitrogens with one attached hydrogen (secondary N) is 1. The Kier molecular flexibility index (Phi) is 7.89. The molecule has 0 saturated carbocycles. The highest BCUT2D eigenvalue weighted by atomic mass is 32.2. The van der Waals surface area contributed by atoms with E-state index in [0.717, 1.165) is 16.9 Å². The number of nitrogens with zero attached hydrogens (tertiary/aromatic N) is 3. The predicted octanol–water partition coefficient (Wildman–Crippen LogP) is 4.88. The number of rotatable bonds is 10. The molecule has 2 unspecified atom stereocenters. The highest BCUT2D eigenvalue weighted by Crippen LogP contribution is 2.26. The summed E-state index contributed by atoms with van der Waals surface area (Å²) in [7, 11) is 0. The summed E-state index contributed by atoms with van der Waals surface area (Å²) < 4.78 is 8.05. The van der Waals surface area contributed by atoms with Crippen LogP contribution in [0.3, 0.4) is 0 Å². The van der Waals surface area contributed by atoms with Crippen molar-refractivity contribution in [1.29, 1.82) is 0 Å². The number of amides is 1. The first kappa shape index (κ1) is 22.6. The summed E-state index contributed by atoms with van der Waals surface area (Å²) in [4.78, 5) is 12.5.